The Balaban J connectivity index is 1.70. The van der Waals surface area contributed by atoms with Crippen molar-refractivity contribution in [3.8, 4) is 0 Å². The molecule has 0 saturated heterocycles. The summed E-state index contributed by atoms with van der Waals surface area (Å²) in [5, 5.41) is 3.55. The van der Waals surface area contributed by atoms with Crippen LogP contribution in [0, 0.1) is 5.41 Å². The van der Waals surface area contributed by atoms with Gasteiger partial charge >= 0.3 is 0 Å². The lowest BCUT2D eigenvalue weighted by molar-refractivity contribution is 0.539. The van der Waals surface area contributed by atoms with Gasteiger partial charge in [-0.15, -0.1) is 0 Å². The molecular weight excluding hydrogens is 198 g/mol. The average Bonchev–Trinajstić information content (AvgIpc) is 2.72. The number of hydrogen-bond acceptors (Lipinski definition) is 2. The van der Waals surface area contributed by atoms with Crippen molar-refractivity contribution in [3.05, 3.63) is 36.3 Å². The Labute approximate surface area is 95.5 Å². The molecular formula is C13H17N3. The Morgan fingerprint density at radius 3 is 3.00 bits per heavy atom. The summed E-state index contributed by atoms with van der Waals surface area (Å²) < 4.78 is 2.06. The van der Waals surface area contributed by atoms with Crippen molar-refractivity contribution >= 4 is 5.65 Å². The molecule has 16 heavy (non-hydrogen) atoms. The number of imidazole rings is 1. The smallest absolute Gasteiger partial charge is 0.137 e. The molecule has 0 spiro atoms. The molecule has 1 fully saturated rings. The van der Waals surface area contributed by atoms with Crippen molar-refractivity contribution in [3.63, 3.8) is 0 Å². The van der Waals surface area contributed by atoms with Crippen LogP contribution in [0.2, 0.25) is 0 Å². The van der Waals surface area contributed by atoms with Crippen LogP contribution in [0.4, 0.5) is 0 Å². The van der Waals surface area contributed by atoms with E-state index in [1.165, 1.54) is 6.42 Å². The number of hydrogen-bond donors (Lipinski definition) is 1. The number of aromatic nitrogens is 2. The molecule has 1 saturated carbocycles. The Morgan fingerprint density at radius 2 is 2.31 bits per heavy atom. The zero-order chi connectivity index (χ0) is 11.2. The maximum absolute atomic E-state index is 4.56. The summed E-state index contributed by atoms with van der Waals surface area (Å²) in [5.74, 6) is 0. The van der Waals surface area contributed by atoms with E-state index in [2.05, 4.69) is 34.7 Å². The summed E-state index contributed by atoms with van der Waals surface area (Å²) in [7, 11) is 0. The van der Waals surface area contributed by atoms with E-state index in [0.29, 0.717) is 11.5 Å². The SMILES string of the molecule is CC1(C)CC1NCc1cn2ccccc2n1. The van der Waals surface area contributed by atoms with E-state index in [1.54, 1.807) is 0 Å². The molecule has 0 bridgehead atoms. The third-order valence-electron chi connectivity index (χ3n) is 3.46. The Bertz CT molecular complexity index is 480. The zero-order valence-corrected chi connectivity index (χ0v) is 9.77. The van der Waals surface area contributed by atoms with Crippen LogP contribution in [0.3, 0.4) is 0 Å². The lowest BCUT2D eigenvalue weighted by Gasteiger charge is -2.03. The number of fused-ring (bicyclic) bond motifs is 1. The molecule has 1 N–H and O–H groups in total. The zero-order valence-electron chi connectivity index (χ0n) is 9.77. The Kier molecular flexibility index (Phi) is 2.04. The van der Waals surface area contributed by atoms with Gasteiger partial charge in [0.25, 0.3) is 0 Å². The number of pyridine rings is 1. The molecule has 0 aliphatic heterocycles. The molecule has 3 rings (SSSR count). The van der Waals surface area contributed by atoms with Crippen LogP contribution in [0.25, 0.3) is 5.65 Å². The van der Waals surface area contributed by atoms with E-state index in [0.717, 1.165) is 17.9 Å². The highest BCUT2D eigenvalue weighted by atomic mass is 15.0. The van der Waals surface area contributed by atoms with Crippen LogP contribution in [0.5, 0.6) is 0 Å². The summed E-state index contributed by atoms with van der Waals surface area (Å²) in [6, 6.07) is 6.74. The largest absolute Gasteiger partial charge is 0.308 e. The average molecular weight is 215 g/mol. The maximum atomic E-state index is 4.56. The van der Waals surface area contributed by atoms with Gasteiger partial charge in [-0.3, -0.25) is 0 Å². The molecule has 3 nitrogen and oxygen atoms in total. The first-order valence-electron chi connectivity index (χ1n) is 5.81. The Hall–Kier alpha value is -1.35. The summed E-state index contributed by atoms with van der Waals surface area (Å²) in [4.78, 5) is 4.56. The van der Waals surface area contributed by atoms with Crippen LogP contribution in [0.1, 0.15) is 26.0 Å². The highest BCUT2D eigenvalue weighted by molar-refractivity contribution is 5.39. The molecule has 1 unspecified atom stereocenters. The first-order valence-corrected chi connectivity index (χ1v) is 5.81. The molecule has 2 heterocycles. The van der Waals surface area contributed by atoms with Gasteiger partial charge < -0.3 is 9.72 Å². The van der Waals surface area contributed by atoms with Gasteiger partial charge in [0.15, 0.2) is 0 Å². The van der Waals surface area contributed by atoms with E-state index in [-0.39, 0.29) is 0 Å². The highest BCUT2D eigenvalue weighted by Gasteiger charge is 2.45. The lowest BCUT2D eigenvalue weighted by atomic mass is 10.2. The molecule has 1 aliphatic rings. The van der Waals surface area contributed by atoms with Gasteiger partial charge in [-0.1, -0.05) is 19.9 Å². The van der Waals surface area contributed by atoms with Gasteiger partial charge in [-0.25, -0.2) is 4.98 Å². The van der Waals surface area contributed by atoms with Crippen molar-refractivity contribution in [2.24, 2.45) is 5.41 Å². The molecule has 0 radical (unpaired) electrons. The van der Waals surface area contributed by atoms with Gasteiger partial charge in [-0.05, 0) is 24.0 Å². The topological polar surface area (TPSA) is 29.3 Å². The monoisotopic (exact) mass is 215 g/mol. The molecule has 1 aliphatic carbocycles. The van der Waals surface area contributed by atoms with Gasteiger partial charge in [-0.2, -0.15) is 0 Å². The predicted molar refractivity (Wildman–Crippen MR) is 64.2 cm³/mol. The minimum absolute atomic E-state index is 0.485. The van der Waals surface area contributed by atoms with E-state index in [4.69, 9.17) is 0 Å². The molecule has 84 valence electrons. The maximum Gasteiger partial charge on any atom is 0.137 e. The summed E-state index contributed by atoms with van der Waals surface area (Å²) >= 11 is 0. The second kappa shape index (κ2) is 3.32. The van der Waals surface area contributed by atoms with Crippen molar-refractivity contribution in [2.45, 2.75) is 32.9 Å². The van der Waals surface area contributed by atoms with E-state index in [1.807, 2.05) is 24.4 Å². The summed E-state index contributed by atoms with van der Waals surface area (Å²) in [5.41, 5.74) is 2.63. The van der Waals surface area contributed by atoms with Crippen molar-refractivity contribution in [2.75, 3.05) is 0 Å². The van der Waals surface area contributed by atoms with Gasteiger partial charge in [0.05, 0.1) is 5.69 Å². The fourth-order valence-electron chi connectivity index (χ4n) is 2.12. The third kappa shape index (κ3) is 1.71. The van der Waals surface area contributed by atoms with Crippen LogP contribution in [-0.2, 0) is 6.54 Å². The summed E-state index contributed by atoms with van der Waals surface area (Å²) in [6.07, 6.45) is 5.41. The van der Waals surface area contributed by atoms with Crippen LogP contribution < -0.4 is 5.32 Å². The molecule has 0 aromatic carbocycles. The normalized spacial score (nSPS) is 22.5. The van der Waals surface area contributed by atoms with E-state index < -0.39 is 0 Å². The van der Waals surface area contributed by atoms with Crippen molar-refractivity contribution < 1.29 is 0 Å². The van der Waals surface area contributed by atoms with Gasteiger partial charge in [0.2, 0.25) is 0 Å². The quantitative estimate of drug-likeness (QED) is 0.850. The molecule has 3 heteroatoms. The standard InChI is InChI=1S/C13H17N3/c1-13(2)7-11(13)14-8-10-9-16-6-4-3-5-12(16)15-10/h3-6,9,11,14H,7-8H2,1-2H3. The second-order valence-electron chi connectivity index (χ2n) is 5.32. The molecule has 0 amide bonds. The molecule has 2 aromatic heterocycles. The Morgan fingerprint density at radius 1 is 1.50 bits per heavy atom. The first kappa shape index (κ1) is 9.85. The number of rotatable bonds is 3. The molecule has 2 aromatic rings. The first-order chi connectivity index (χ1) is 7.65. The van der Waals surface area contributed by atoms with E-state index in [9.17, 15) is 0 Å². The van der Waals surface area contributed by atoms with Crippen LogP contribution in [-0.4, -0.2) is 15.4 Å². The van der Waals surface area contributed by atoms with Crippen LogP contribution >= 0.6 is 0 Å². The minimum Gasteiger partial charge on any atom is -0.308 e. The highest BCUT2D eigenvalue weighted by Crippen LogP contribution is 2.44. The van der Waals surface area contributed by atoms with Gasteiger partial charge in [0, 0.05) is 25.0 Å². The van der Waals surface area contributed by atoms with Crippen molar-refractivity contribution in [1.29, 1.82) is 0 Å². The number of nitrogens with one attached hydrogen (secondary N) is 1. The summed E-state index contributed by atoms with van der Waals surface area (Å²) in [6.45, 7) is 5.47. The third-order valence-corrected chi connectivity index (χ3v) is 3.46. The number of nitrogens with zero attached hydrogens (tertiary/aromatic N) is 2. The minimum atomic E-state index is 0.485. The van der Waals surface area contributed by atoms with Crippen molar-refractivity contribution in [1.82, 2.24) is 14.7 Å². The van der Waals surface area contributed by atoms with E-state index >= 15 is 0 Å². The fourth-order valence-corrected chi connectivity index (χ4v) is 2.12. The molecule has 1 atom stereocenters. The lowest BCUT2D eigenvalue weighted by Crippen LogP contribution is -2.20. The van der Waals surface area contributed by atoms with Crippen LogP contribution in [0.15, 0.2) is 30.6 Å². The predicted octanol–water partition coefficient (Wildman–Crippen LogP) is 2.22. The second-order valence-corrected chi connectivity index (χ2v) is 5.32. The fraction of sp³-hybridized carbons (Fsp3) is 0.462. The van der Waals surface area contributed by atoms with Gasteiger partial charge in [0.1, 0.15) is 5.65 Å².